The monoisotopic (exact) mass is 342 g/mol. The fourth-order valence-corrected chi connectivity index (χ4v) is 1.93. The molecule has 4 nitrogen and oxygen atoms in total. The number of anilines is 1. The van der Waals surface area contributed by atoms with Gasteiger partial charge in [0.05, 0.1) is 9.40 Å². The molecule has 0 unspecified atom stereocenters. The van der Waals surface area contributed by atoms with Crippen molar-refractivity contribution in [3.8, 4) is 0 Å². The second kappa shape index (κ2) is 5.96. The number of nitrogens with zero attached hydrogens (tertiary/aromatic N) is 1. The number of nitrogens with one attached hydrogen (secondary N) is 1. The Kier molecular flexibility index (Phi) is 4.29. The summed E-state index contributed by atoms with van der Waals surface area (Å²) in [6, 6.07) is 8.00. The first kappa shape index (κ1) is 14.4. The first-order valence-electron chi connectivity index (χ1n) is 5.59. The molecule has 0 fully saturated rings. The largest absolute Gasteiger partial charge is 0.373 e. The van der Waals surface area contributed by atoms with Crippen LogP contribution < -0.4 is 5.32 Å². The molecule has 0 aromatic heterocycles. The van der Waals surface area contributed by atoms with Crippen molar-refractivity contribution in [1.29, 1.82) is 0 Å². The number of halogens is 3. The van der Waals surface area contributed by atoms with E-state index < -0.39 is 16.6 Å². The number of nitro groups is 1. The molecule has 0 aliphatic heterocycles. The molecule has 0 amide bonds. The normalized spacial score (nSPS) is 10.3. The molecule has 0 spiro atoms. The highest BCUT2D eigenvalue weighted by atomic mass is 79.9. The summed E-state index contributed by atoms with van der Waals surface area (Å²) in [5.41, 5.74) is -0.0216. The third-order valence-corrected chi connectivity index (χ3v) is 3.28. The number of nitro benzene ring substituents is 1. The van der Waals surface area contributed by atoms with E-state index in [9.17, 15) is 18.9 Å². The van der Waals surface area contributed by atoms with Crippen molar-refractivity contribution in [3.05, 3.63) is 68.2 Å². The molecular formula is C13H9BrF2N2O2. The Hall–Kier alpha value is -2.02. The average molecular weight is 343 g/mol. The molecule has 2 aromatic carbocycles. The molecule has 2 aromatic rings. The summed E-state index contributed by atoms with van der Waals surface area (Å²) in [5.74, 6) is -1.18. The van der Waals surface area contributed by atoms with Crippen molar-refractivity contribution in [2.24, 2.45) is 0 Å². The van der Waals surface area contributed by atoms with Crippen molar-refractivity contribution in [3.63, 3.8) is 0 Å². The number of hydrogen-bond donors (Lipinski definition) is 1. The Morgan fingerprint density at radius 2 is 1.95 bits per heavy atom. The predicted octanol–water partition coefficient (Wildman–Crippen LogP) is 4.25. The molecule has 7 heteroatoms. The highest BCUT2D eigenvalue weighted by molar-refractivity contribution is 9.10. The number of rotatable bonds is 4. The van der Waals surface area contributed by atoms with Crippen LogP contribution in [0.15, 0.2) is 40.9 Å². The molecule has 0 saturated carbocycles. The quantitative estimate of drug-likeness (QED) is 0.667. The van der Waals surface area contributed by atoms with Gasteiger partial charge in [-0.15, -0.1) is 0 Å². The van der Waals surface area contributed by atoms with Crippen LogP contribution in [0.25, 0.3) is 0 Å². The summed E-state index contributed by atoms with van der Waals surface area (Å²) >= 11 is 3.02. The van der Waals surface area contributed by atoms with E-state index in [4.69, 9.17) is 0 Å². The Bertz CT molecular complexity index is 665. The lowest BCUT2D eigenvalue weighted by Gasteiger charge is -2.08. The molecule has 0 atom stereocenters. The summed E-state index contributed by atoms with van der Waals surface area (Å²) in [6.45, 7) is 0.0754. The maximum Gasteiger partial charge on any atom is 0.295 e. The first-order chi connectivity index (χ1) is 9.49. The third-order valence-electron chi connectivity index (χ3n) is 2.64. The van der Waals surface area contributed by atoms with Crippen LogP contribution in [0.3, 0.4) is 0 Å². The molecule has 0 bridgehead atoms. The van der Waals surface area contributed by atoms with Crippen molar-refractivity contribution in [1.82, 2.24) is 0 Å². The van der Waals surface area contributed by atoms with E-state index in [1.165, 1.54) is 24.3 Å². The highest BCUT2D eigenvalue weighted by Gasteiger charge is 2.17. The zero-order chi connectivity index (χ0) is 14.7. The summed E-state index contributed by atoms with van der Waals surface area (Å²) in [6.07, 6.45) is 0. The van der Waals surface area contributed by atoms with Crippen LogP contribution in [0.1, 0.15) is 5.56 Å². The van der Waals surface area contributed by atoms with Gasteiger partial charge in [0.2, 0.25) is 0 Å². The van der Waals surface area contributed by atoms with E-state index in [1.54, 1.807) is 6.07 Å². The second-order valence-electron chi connectivity index (χ2n) is 3.99. The minimum Gasteiger partial charge on any atom is -0.373 e. The van der Waals surface area contributed by atoms with Crippen molar-refractivity contribution < 1.29 is 13.7 Å². The Morgan fingerprint density at radius 1 is 1.20 bits per heavy atom. The molecule has 0 aliphatic rings. The van der Waals surface area contributed by atoms with Crippen LogP contribution in [0.5, 0.6) is 0 Å². The van der Waals surface area contributed by atoms with Gasteiger partial charge in [0.15, 0.2) is 5.82 Å². The van der Waals surface area contributed by atoms with E-state index in [2.05, 4.69) is 21.2 Å². The van der Waals surface area contributed by atoms with Gasteiger partial charge in [-0.3, -0.25) is 10.1 Å². The topological polar surface area (TPSA) is 55.2 Å². The van der Waals surface area contributed by atoms with Crippen LogP contribution in [-0.2, 0) is 6.54 Å². The lowest BCUT2D eigenvalue weighted by Crippen LogP contribution is -2.05. The van der Waals surface area contributed by atoms with Gasteiger partial charge >= 0.3 is 0 Å². The van der Waals surface area contributed by atoms with E-state index in [-0.39, 0.29) is 17.9 Å². The molecule has 2 rings (SSSR count). The molecular weight excluding hydrogens is 334 g/mol. The minimum atomic E-state index is -0.725. The van der Waals surface area contributed by atoms with Gasteiger partial charge in [-0.05, 0) is 39.7 Å². The van der Waals surface area contributed by atoms with Gasteiger partial charge in [-0.2, -0.15) is 0 Å². The number of benzene rings is 2. The second-order valence-corrected chi connectivity index (χ2v) is 4.85. The van der Waals surface area contributed by atoms with Crippen LogP contribution in [-0.4, -0.2) is 4.92 Å². The zero-order valence-corrected chi connectivity index (χ0v) is 11.7. The lowest BCUT2D eigenvalue weighted by molar-refractivity contribution is -0.384. The van der Waals surface area contributed by atoms with Crippen molar-refractivity contribution in [2.45, 2.75) is 6.54 Å². The average Bonchev–Trinajstić information content (AvgIpc) is 2.40. The molecule has 0 heterocycles. The van der Waals surface area contributed by atoms with Gasteiger partial charge < -0.3 is 5.32 Å². The van der Waals surface area contributed by atoms with E-state index in [0.29, 0.717) is 10.0 Å². The van der Waals surface area contributed by atoms with Crippen LogP contribution >= 0.6 is 15.9 Å². The molecule has 104 valence electrons. The van der Waals surface area contributed by atoms with Crippen LogP contribution in [0.4, 0.5) is 20.2 Å². The van der Waals surface area contributed by atoms with E-state index in [0.717, 1.165) is 6.07 Å². The Labute approximate surface area is 121 Å². The van der Waals surface area contributed by atoms with Crippen LogP contribution in [0.2, 0.25) is 0 Å². The third kappa shape index (κ3) is 3.11. The Morgan fingerprint density at radius 3 is 2.60 bits per heavy atom. The molecule has 0 saturated heterocycles. The standard InChI is InChI=1S/C13H9BrF2N2O2/c14-9-5-4-8(6-11(9)16)7-17-13-10(15)2-1-3-12(13)18(19)20/h1-6,17H,7H2. The van der Waals surface area contributed by atoms with Gasteiger partial charge in [0.25, 0.3) is 5.69 Å². The number of para-hydroxylation sites is 1. The summed E-state index contributed by atoms with van der Waals surface area (Å²) < 4.78 is 27.3. The molecule has 20 heavy (non-hydrogen) atoms. The minimum absolute atomic E-state index is 0.0754. The highest BCUT2D eigenvalue weighted by Crippen LogP contribution is 2.27. The zero-order valence-electron chi connectivity index (χ0n) is 10.1. The maximum absolute atomic E-state index is 13.6. The van der Waals surface area contributed by atoms with Crippen LogP contribution in [0, 0.1) is 21.7 Å². The van der Waals surface area contributed by atoms with Crippen molar-refractivity contribution in [2.75, 3.05) is 5.32 Å². The summed E-state index contributed by atoms with van der Waals surface area (Å²) in [4.78, 5) is 10.1. The SMILES string of the molecule is O=[N+]([O-])c1cccc(F)c1NCc1ccc(Br)c(F)c1. The van der Waals surface area contributed by atoms with Crippen molar-refractivity contribution >= 4 is 27.3 Å². The summed E-state index contributed by atoms with van der Waals surface area (Å²) in [5, 5.41) is 13.4. The molecule has 0 radical (unpaired) electrons. The van der Waals surface area contributed by atoms with Gasteiger partial charge in [0.1, 0.15) is 11.5 Å². The van der Waals surface area contributed by atoms with E-state index in [1.807, 2.05) is 0 Å². The Balaban J connectivity index is 2.22. The fourth-order valence-electron chi connectivity index (χ4n) is 1.68. The fraction of sp³-hybridized carbons (Fsp3) is 0.0769. The number of hydrogen-bond acceptors (Lipinski definition) is 3. The van der Waals surface area contributed by atoms with Gasteiger partial charge in [-0.25, -0.2) is 8.78 Å². The van der Waals surface area contributed by atoms with E-state index >= 15 is 0 Å². The van der Waals surface area contributed by atoms with Gasteiger partial charge in [0, 0.05) is 12.6 Å². The molecule has 0 aliphatic carbocycles. The smallest absolute Gasteiger partial charge is 0.295 e. The summed E-state index contributed by atoms with van der Waals surface area (Å²) in [7, 11) is 0. The van der Waals surface area contributed by atoms with Gasteiger partial charge in [-0.1, -0.05) is 12.1 Å². The maximum atomic E-state index is 13.6. The molecule has 1 N–H and O–H groups in total. The first-order valence-corrected chi connectivity index (χ1v) is 6.39. The lowest BCUT2D eigenvalue weighted by atomic mass is 10.2. The predicted molar refractivity (Wildman–Crippen MR) is 74.5 cm³/mol.